The molecule has 0 radical (unpaired) electrons. The lowest BCUT2D eigenvalue weighted by Gasteiger charge is -1.99. The molecule has 2 N–H and O–H groups in total. The first-order chi connectivity index (χ1) is 10.9. The Bertz CT molecular complexity index is 896. The molecule has 0 saturated heterocycles. The molecule has 2 heterocycles. The third-order valence-corrected chi connectivity index (χ3v) is 4.84. The summed E-state index contributed by atoms with van der Waals surface area (Å²) in [7, 11) is 0. The molecule has 0 saturated carbocycles. The molecular weight excluding hydrogens is 351 g/mol. The molecule has 0 spiro atoms. The number of hydrogen-bond donors (Lipinski definition) is 1. The maximum absolute atomic E-state index is 6.13. The van der Waals surface area contributed by atoms with E-state index in [-0.39, 0.29) is 0 Å². The van der Waals surface area contributed by atoms with Crippen molar-refractivity contribution in [1.82, 2.24) is 9.66 Å². The van der Waals surface area contributed by atoms with Crippen molar-refractivity contribution in [3.05, 3.63) is 55.8 Å². The summed E-state index contributed by atoms with van der Waals surface area (Å²) in [6.45, 7) is 4.14. The van der Waals surface area contributed by atoms with Crippen molar-refractivity contribution in [2.45, 2.75) is 13.8 Å². The van der Waals surface area contributed by atoms with E-state index in [4.69, 9.17) is 28.9 Å². The van der Waals surface area contributed by atoms with Crippen LogP contribution in [0, 0.1) is 13.8 Å². The summed E-state index contributed by atoms with van der Waals surface area (Å²) in [4.78, 5) is 6.83. The molecule has 0 amide bonds. The van der Waals surface area contributed by atoms with E-state index in [2.05, 4.69) is 30.0 Å². The van der Waals surface area contributed by atoms with Crippen molar-refractivity contribution in [2.75, 3.05) is 5.73 Å². The van der Waals surface area contributed by atoms with Crippen molar-refractivity contribution in [1.29, 1.82) is 0 Å². The fourth-order valence-electron chi connectivity index (χ4n) is 2.22. The maximum Gasteiger partial charge on any atom is 0.221 e. The summed E-state index contributed by atoms with van der Waals surface area (Å²) >= 11 is 13.7. The van der Waals surface area contributed by atoms with Gasteiger partial charge in [-0.15, -0.1) is 11.3 Å². The predicted octanol–water partition coefficient (Wildman–Crippen LogP) is 5.00. The fourth-order valence-corrected chi connectivity index (χ4v) is 3.61. The minimum absolute atomic E-state index is 0.324. The minimum Gasteiger partial charge on any atom is -0.368 e. The summed E-state index contributed by atoms with van der Waals surface area (Å²) in [6.07, 6.45) is 3.44. The molecule has 7 heteroatoms. The summed E-state index contributed by atoms with van der Waals surface area (Å²) in [6, 6.07) is 7.33. The highest BCUT2D eigenvalue weighted by molar-refractivity contribution is 7.12. The van der Waals surface area contributed by atoms with Gasteiger partial charge in [0.05, 0.1) is 23.1 Å². The van der Waals surface area contributed by atoms with E-state index >= 15 is 0 Å². The summed E-state index contributed by atoms with van der Waals surface area (Å²) in [5, 5.41) is 5.44. The third kappa shape index (κ3) is 3.42. The summed E-state index contributed by atoms with van der Waals surface area (Å²) in [5.41, 5.74) is 8.60. The number of rotatable bonds is 3. The number of imidazole rings is 1. The van der Waals surface area contributed by atoms with Gasteiger partial charge in [-0.1, -0.05) is 29.3 Å². The van der Waals surface area contributed by atoms with Gasteiger partial charge in [-0.25, -0.2) is 9.66 Å². The molecule has 0 unspecified atom stereocenters. The van der Waals surface area contributed by atoms with Gasteiger partial charge in [-0.2, -0.15) is 5.10 Å². The molecule has 0 aliphatic rings. The fraction of sp³-hybridized carbons (Fsp3) is 0.125. The van der Waals surface area contributed by atoms with Crippen molar-refractivity contribution < 1.29 is 0 Å². The number of nitrogen functional groups attached to an aromatic ring is 1. The number of thiophene rings is 1. The lowest BCUT2D eigenvalue weighted by Crippen LogP contribution is -1.97. The van der Waals surface area contributed by atoms with Gasteiger partial charge in [-0.05, 0) is 32.0 Å². The zero-order valence-corrected chi connectivity index (χ0v) is 14.9. The van der Waals surface area contributed by atoms with Crippen LogP contribution in [0.3, 0.4) is 0 Å². The van der Waals surface area contributed by atoms with Crippen molar-refractivity contribution in [3.63, 3.8) is 0 Å². The number of aromatic nitrogens is 2. The van der Waals surface area contributed by atoms with Gasteiger partial charge in [0.25, 0.3) is 0 Å². The standard InChI is InChI=1S/C16H14Cl2N4S/c1-9-5-13(10(2)23-9)15-8-22(16(19)21-15)20-7-11-3-4-12(17)6-14(11)18/h3-8H,1-2H3,(H2,19,21)/b20-7-. The first-order valence-electron chi connectivity index (χ1n) is 6.85. The van der Waals surface area contributed by atoms with Crippen molar-refractivity contribution in [3.8, 4) is 11.3 Å². The van der Waals surface area contributed by atoms with Gasteiger partial charge >= 0.3 is 0 Å². The molecule has 0 atom stereocenters. The normalized spacial score (nSPS) is 11.5. The Hall–Kier alpha value is -1.82. The molecule has 23 heavy (non-hydrogen) atoms. The van der Waals surface area contributed by atoms with Crippen molar-refractivity contribution in [2.24, 2.45) is 5.10 Å². The lowest BCUT2D eigenvalue weighted by molar-refractivity contribution is 0.898. The van der Waals surface area contributed by atoms with E-state index < -0.39 is 0 Å². The monoisotopic (exact) mass is 364 g/mol. The predicted molar refractivity (Wildman–Crippen MR) is 98.9 cm³/mol. The highest BCUT2D eigenvalue weighted by atomic mass is 35.5. The van der Waals surface area contributed by atoms with E-state index in [1.54, 1.807) is 35.8 Å². The van der Waals surface area contributed by atoms with Gasteiger partial charge in [-0.3, -0.25) is 0 Å². The first kappa shape index (κ1) is 16.1. The topological polar surface area (TPSA) is 56.2 Å². The molecule has 3 rings (SSSR count). The van der Waals surface area contributed by atoms with Crippen LogP contribution in [0.25, 0.3) is 11.3 Å². The highest BCUT2D eigenvalue weighted by Crippen LogP contribution is 2.30. The molecule has 4 nitrogen and oxygen atoms in total. The molecule has 0 aliphatic heterocycles. The first-order valence-corrected chi connectivity index (χ1v) is 8.43. The summed E-state index contributed by atoms with van der Waals surface area (Å²) in [5.74, 6) is 0.324. The van der Waals surface area contributed by atoms with Crippen LogP contribution >= 0.6 is 34.5 Å². The molecule has 0 fully saturated rings. The second-order valence-corrected chi connectivity index (χ2v) is 7.37. The molecule has 0 bridgehead atoms. The Balaban J connectivity index is 1.92. The maximum atomic E-state index is 6.13. The molecule has 3 aromatic rings. The van der Waals surface area contributed by atoms with Gasteiger partial charge in [0, 0.05) is 25.9 Å². The Morgan fingerprint density at radius 2 is 2.04 bits per heavy atom. The highest BCUT2D eigenvalue weighted by Gasteiger charge is 2.11. The van der Waals surface area contributed by atoms with E-state index in [9.17, 15) is 0 Å². The minimum atomic E-state index is 0.324. The second-order valence-electron chi connectivity index (χ2n) is 5.07. The van der Waals surface area contributed by atoms with Gasteiger partial charge in [0.1, 0.15) is 0 Å². The number of hydrogen-bond acceptors (Lipinski definition) is 4. The Labute approximate surface area is 148 Å². The zero-order chi connectivity index (χ0) is 16.6. The number of nitrogens with zero attached hydrogens (tertiary/aromatic N) is 3. The number of halogens is 2. The second kappa shape index (κ2) is 6.35. The number of benzene rings is 1. The van der Waals surface area contributed by atoms with Crippen LogP contribution < -0.4 is 5.73 Å². The third-order valence-electron chi connectivity index (χ3n) is 3.31. The Morgan fingerprint density at radius 1 is 1.26 bits per heavy atom. The average Bonchev–Trinajstić information content (AvgIpc) is 3.00. The molecule has 2 aromatic heterocycles. The van der Waals surface area contributed by atoms with E-state index in [0.717, 1.165) is 16.8 Å². The van der Waals surface area contributed by atoms with Crippen molar-refractivity contribution >= 4 is 46.7 Å². The van der Waals surface area contributed by atoms with Crippen LogP contribution in [0.1, 0.15) is 15.3 Å². The molecule has 118 valence electrons. The van der Waals surface area contributed by atoms with Gasteiger partial charge in [0.15, 0.2) is 0 Å². The van der Waals surface area contributed by atoms with Crippen LogP contribution in [0.15, 0.2) is 35.6 Å². The quantitative estimate of drug-likeness (QED) is 0.664. The zero-order valence-electron chi connectivity index (χ0n) is 12.5. The van der Waals surface area contributed by atoms with Crippen LogP contribution in [0.5, 0.6) is 0 Å². The van der Waals surface area contributed by atoms with Crippen LogP contribution in [-0.4, -0.2) is 15.9 Å². The SMILES string of the molecule is Cc1cc(-c2cn(/N=C\c3ccc(Cl)cc3Cl)c(N)n2)c(C)s1. The summed E-state index contributed by atoms with van der Waals surface area (Å²) < 4.78 is 1.53. The number of aryl methyl sites for hydroxylation is 2. The Kier molecular flexibility index (Phi) is 4.43. The van der Waals surface area contributed by atoms with Gasteiger partial charge < -0.3 is 5.73 Å². The smallest absolute Gasteiger partial charge is 0.221 e. The van der Waals surface area contributed by atoms with E-state index in [0.29, 0.717) is 16.0 Å². The average molecular weight is 365 g/mol. The van der Waals surface area contributed by atoms with Crippen LogP contribution in [-0.2, 0) is 0 Å². The largest absolute Gasteiger partial charge is 0.368 e. The Morgan fingerprint density at radius 3 is 2.70 bits per heavy atom. The van der Waals surface area contributed by atoms with Crippen LogP contribution in [0.4, 0.5) is 5.95 Å². The lowest BCUT2D eigenvalue weighted by atomic mass is 10.2. The van der Waals surface area contributed by atoms with Gasteiger partial charge in [0.2, 0.25) is 5.95 Å². The number of anilines is 1. The molecule has 0 aliphatic carbocycles. The molecule has 1 aromatic carbocycles. The number of nitrogens with two attached hydrogens (primary N) is 1. The molecular formula is C16H14Cl2N4S. The van der Waals surface area contributed by atoms with E-state index in [1.807, 2.05) is 6.20 Å². The van der Waals surface area contributed by atoms with E-state index in [1.165, 1.54) is 14.4 Å². The van der Waals surface area contributed by atoms with Crippen LogP contribution in [0.2, 0.25) is 10.0 Å².